The van der Waals surface area contributed by atoms with Crippen LogP contribution >= 0.6 is 11.3 Å². The van der Waals surface area contributed by atoms with Gasteiger partial charge in [-0.25, -0.2) is 0 Å². The Hall–Kier alpha value is -3.04. The van der Waals surface area contributed by atoms with Crippen LogP contribution in [0, 0.1) is 0 Å². The minimum Gasteiger partial charge on any atom is -0.376 e. The van der Waals surface area contributed by atoms with Crippen LogP contribution in [0.5, 0.6) is 0 Å². The van der Waals surface area contributed by atoms with Crippen LogP contribution in [0.4, 0.5) is 5.00 Å². The van der Waals surface area contributed by atoms with Crippen LogP contribution in [0.3, 0.4) is 0 Å². The average molecular weight is 482 g/mol. The number of thiophene rings is 1. The van der Waals surface area contributed by atoms with Crippen molar-refractivity contribution < 1.29 is 23.9 Å². The molecule has 3 heterocycles. The molecule has 2 aromatic rings. The van der Waals surface area contributed by atoms with Gasteiger partial charge in [0.25, 0.3) is 17.7 Å². The predicted molar refractivity (Wildman–Crippen MR) is 127 cm³/mol. The first-order valence-corrected chi connectivity index (χ1v) is 12.6. The van der Waals surface area contributed by atoms with Crippen LogP contribution in [0.25, 0.3) is 0 Å². The number of carbonyl (C=O) groups is 4. The number of hydrogen-bond donors (Lipinski definition) is 2. The largest absolute Gasteiger partial charge is 0.376 e. The first-order valence-electron chi connectivity index (χ1n) is 11.8. The van der Waals surface area contributed by atoms with Gasteiger partial charge in [0.15, 0.2) is 0 Å². The second kappa shape index (κ2) is 9.68. The van der Waals surface area contributed by atoms with E-state index < -0.39 is 0 Å². The van der Waals surface area contributed by atoms with Gasteiger partial charge in [-0.1, -0.05) is 12.1 Å². The summed E-state index contributed by atoms with van der Waals surface area (Å²) in [5.41, 5.74) is 2.42. The molecule has 3 aliphatic rings. The smallest absolute Gasteiger partial charge is 0.261 e. The molecule has 2 aliphatic heterocycles. The van der Waals surface area contributed by atoms with Gasteiger partial charge in [0.2, 0.25) is 5.91 Å². The number of carbonyl (C=O) groups excluding carboxylic acids is 4. The lowest BCUT2D eigenvalue weighted by molar-refractivity contribution is -0.116. The maximum atomic E-state index is 13.0. The molecule has 1 atom stereocenters. The molecule has 0 saturated carbocycles. The molecule has 1 aromatic carbocycles. The molecule has 8 nitrogen and oxygen atoms in total. The molecule has 0 unspecified atom stereocenters. The predicted octanol–water partition coefficient (Wildman–Crippen LogP) is 3.16. The number of fused-ring (bicyclic) bond motifs is 2. The number of benzene rings is 1. The van der Waals surface area contributed by atoms with E-state index in [2.05, 4.69) is 10.6 Å². The van der Waals surface area contributed by atoms with Crippen molar-refractivity contribution in [2.75, 3.05) is 25.0 Å². The molecule has 0 bridgehead atoms. The molecule has 1 aromatic heterocycles. The second-order valence-electron chi connectivity index (χ2n) is 8.87. The Morgan fingerprint density at radius 3 is 2.56 bits per heavy atom. The quantitative estimate of drug-likeness (QED) is 0.564. The fourth-order valence-corrected chi connectivity index (χ4v) is 6.16. The molecule has 34 heavy (non-hydrogen) atoms. The standard InChI is InChI=1S/C25H27N3O5S/c29-20(11-4-12-28-24(31)16-7-1-2-8-17(16)25(28)32)27-23-21(18-9-3-10-19(18)34-23)22(30)26-14-15-6-5-13-33-15/h1-2,7-8,15H,3-6,9-14H2,(H,26,30)(H,27,29)/t15-/m0/s1. The Labute approximate surface area is 201 Å². The van der Waals surface area contributed by atoms with Gasteiger partial charge in [-0.15, -0.1) is 11.3 Å². The molecule has 5 rings (SSSR count). The number of hydrogen-bond acceptors (Lipinski definition) is 6. The van der Waals surface area contributed by atoms with E-state index in [9.17, 15) is 19.2 Å². The summed E-state index contributed by atoms with van der Waals surface area (Å²) in [7, 11) is 0. The van der Waals surface area contributed by atoms with E-state index in [0.717, 1.165) is 49.2 Å². The van der Waals surface area contributed by atoms with Crippen LogP contribution in [0.1, 0.15) is 73.6 Å². The van der Waals surface area contributed by atoms with Crippen molar-refractivity contribution in [3.63, 3.8) is 0 Å². The first kappa shape index (κ1) is 22.7. The van der Waals surface area contributed by atoms with Crippen molar-refractivity contribution in [3.05, 3.63) is 51.4 Å². The number of imide groups is 1. The zero-order chi connectivity index (χ0) is 23.7. The third-order valence-corrected chi connectivity index (χ3v) is 7.79. The lowest BCUT2D eigenvalue weighted by Gasteiger charge is -2.14. The SMILES string of the molecule is O=C(CCCN1C(=O)c2ccccc2C1=O)Nc1sc2c(c1C(=O)NC[C@@H]1CCCO1)CCC2. The summed E-state index contributed by atoms with van der Waals surface area (Å²) in [6.45, 7) is 1.38. The number of anilines is 1. The summed E-state index contributed by atoms with van der Waals surface area (Å²) in [6.07, 6.45) is 5.27. The lowest BCUT2D eigenvalue weighted by Crippen LogP contribution is -2.32. The van der Waals surface area contributed by atoms with Gasteiger partial charge >= 0.3 is 0 Å². The van der Waals surface area contributed by atoms with Crippen LogP contribution < -0.4 is 10.6 Å². The highest BCUT2D eigenvalue weighted by Crippen LogP contribution is 2.39. The Balaban J connectivity index is 1.18. The van der Waals surface area contributed by atoms with Crippen LogP contribution in [-0.4, -0.2) is 54.3 Å². The molecule has 178 valence electrons. The van der Waals surface area contributed by atoms with E-state index in [0.29, 0.717) is 34.7 Å². The van der Waals surface area contributed by atoms with Gasteiger partial charge in [0.1, 0.15) is 5.00 Å². The number of nitrogens with zero attached hydrogens (tertiary/aromatic N) is 1. The second-order valence-corrected chi connectivity index (χ2v) is 9.97. The maximum absolute atomic E-state index is 13.0. The number of ether oxygens (including phenoxy) is 1. The molecule has 1 aliphatic carbocycles. The summed E-state index contributed by atoms with van der Waals surface area (Å²) in [5.74, 6) is -1.04. The van der Waals surface area contributed by atoms with Crippen LogP contribution in [0.15, 0.2) is 24.3 Å². The summed E-state index contributed by atoms with van der Waals surface area (Å²) in [4.78, 5) is 53.0. The monoisotopic (exact) mass is 481 g/mol. The van der Waals surface area contributed by atoms with E-state index >= 15 is 0 Å². The summed E-state index contributed by atoms with van der Waals surface area (Å²) >= 11 is 1.47. The summed E-state index contributed by atoms with van der Waals surface area (Å²) in [6, 6.07) is 6.75. The molecular weight excluding hydrogens is 454 g/mol. The Morgan fingerprint density at radius 1 is 1.09 bits per heavy atom. The molecule has 9 heteroatoms. The topological polar surface area (TPSA) is 105 Å². The minimum absolute atomic E-state index is 0.0517. The van der Waals surface area contributed by atoms with Gasteiger partial charge in [0.05, 0.1) is 22.8 Å². The van der Waals surface area contributed by atoms with Crippen molar-refractivity contribution in [2.24, 2.45) is 0 Å². The highest BCUT2D eigenvalue weighted by molar-refractivity contribution is 7.17. The molecule has 2 N–H and O–H groups in total. The average Bonchev–Trinajstić information content (AvgIpc) is 3.60. The lowest BCUT2D eigenvalue weighted by atomic mass is 10.1. The van der Waals surface area contributed by atoms with Crippen LogP contribution in [-0.2, 0) is 22.4 Å². The summed E-state index contributed by atoms with van der Waals surface area (Å²) < 4.78 is 5.60. The van der Waals surface area contributed by atoms with Crippen molar-refractivity contribution in [3.8, 4) is 0 Å². The van der Waals surface area contributed by atoms with Crippen molar-refractivity contribution in [1.29, 1.82) is 0 Å². The van der Waals surface area contributed by atoms with E-state index in [4.69, 9.17) is 4.74 Å². The van der Waals surface area contributed by atoms with Crippen molar-refractivity contribution >= 4 is 40.0 Å². The highest BCUT2D eigenvalue weighted by Gasteiger charge is 2.34. The third kappa shape index (κ3) is 4.37. The first-order chi connectivity index (χ1) is 16.5. The molecule has 4 amide bonds. The van der Waals surface area contributed by atoms with Gasteiger partial charge in [0, 0.05) is 31.0 Å². The number of rotatable bonds is 8. The number of amides is 4. The molecular formula is C25H27N3O5S. The zero-order valence-electron chi connectivity index (χ0n) is 18.9. The Morgan fingerprint density at radius 2 is 1.85 bits per heavy atom. The van der Waals surface area contributed by atoms with Gasteiger partial charge in [-0.2, -0.15) is 0 Å². The van der Waals surface area contributed by atoms with Crippen molar-refractivity contribution in [1.82, 2.24) is 10.2 Å². The maximum Gasteiger partial charge on any atom is 0.261 e. The molecule has 1 fully saturated rings. The van der Waals surface area contributed by atoms with Gasteiger partial charge in [-0.05, 0) is 56.2 Å². The Kier molecular flexibility index (Phi) is 6.47. The van der Waals surface area contributed by atoms with E-state index in [1.807, 2.05) is 0 Å². The van der Waals surface area contributed by atoms with Gasteiger partial charge in [-0.3, -0.25) is 24.1 Å². The fraction of sp³-hybridized carbons (Fsp3) is 0.440. The van der Waals surface area contributed by atoms with E-state index in [-0.39, 0.29) is 42.7 Å². The van der Waals surface area contributed by atoms with Crippen molar-refractivity contribution in [2.45, 2.75) is 51.0 Å². The highest BCUT2D eigenvalue weighted by atomic mass is 32.1. The molecule has 1 saturated heterocycles. The number of aryl methyl sites for hydroxylation is 1. The molecule has 0 radical (unpaired) electrons. The third-order valence-electron chi connectivity index (χ3n) is 6.58. The minimum atomic E-state index is -0.319. The normalized spacial score (nSPS) is 18.8. The fourth-order valence-electron chi connectivity index (χ4n) is 4.86. The van der Waals surface area contributed by atoms with E-state index in [1.54, 1.807) is 24.3 Å². The number of nitrogens with one attached hydrogen (secondary N) is 2. The Bertz CT molecular complexity index is 1120. The zero-order valence-corrected chi connectivity index (χ0v) is 19.7. The molecule has 0 spiro atoms. The summed E-state index contributed by atoms with van der Waals surface area (Å²) in [5, 5.41) is 6.48. The van der Waals surface area contributed by atoms with Gasteiger partial charge < -0.3 is 15.4 Å². The van der Waals surface area contributed by atoms with Crippen LogP contribution in [0.2, 0.25) is 0 Å². The van der Waals surface area contributed by atoms with E-state index in [1.165, 1.54) is 16.2 Å².